The molecule has 5 heteroatoms. The predicted octanol–water partition coefficient (Wildman–Crippen LogP) is 7.49. The second-order valence-corrected chi connectivity index (χ2v) is 8.71. The van der Waals surface area contributed by atoms with Gasteiger partial charge in [-0.3, -0.25) is 0 Å². The van der Waals surface area contributed by atoms with Gasteiger partial charge in [-0.25, -0.2) is 9.78 Å². The third-order valence-electron chi connectivity index (χ3n) is 6.15. The van der Waals surface area contributed by atoms with Gasteiger partial charge >= 0.3 is 6.16 Å². The number of fused-ring (bicyclic) bond motifs is 1. The Morgan fingerprint density at radius 2 is 1.62 bits per heavy atom. The first-order chi connectivity index (χ1) is 16.6. The number of imidazole rings is 1. The fourth-order valence-electron chi connectivity index (χ4n) is 4.32. The van der Waals surface area contributed by atoms with E-state index < -0.39 is 6.16 Å². The summed E-state index contributed by atoms with van der Waals surface area (Å²) in [6.07, 6.45) is 5.39. The first-order valence-electron chi connectivity index (χ1n) is 12.2. The predicted molar refractivity (Wildman–Crippen MR) is 137 cm³/mol. The van der Waals surface area contributed by atoms with Gasteiger partial charge in [0.05, 0.1) is 11.0 Å². The summed E-state index contributed by atoms with van der Waals surface area (Å²) < 4.78 is 7.29. The lowest BCUT2D eigenvalue weighted by molar-refractivity contribution is 0.144. The Labute approximate surface area is 201 Å². The van der Waals surface area contributed by atoms with Gasteiger partial charge in [-0.1, -0.05) is 75.2 Å². The van der Waals surface area contributed by atoms with E-state index in [4.69, 9.17) is 14.8 Å². The molecule has 1 aromatic heterocycles. The maximum Gasteiger partial charge on any atom is 0.511 e. The van der Waals surface area contributed by atoms with Crippen LogP contribution in [0.2, 0.25) is 0 Å². The molecule has 0 unspecified atom stereocenters. The Hall–Kier alpha value is -3.60. The molecule has 1 heterocycles. The van der Waals surface area contributed by atoms with Crippen LogP contribution in [-0.4, -0.2) is 20.8 Å². The lowest BCUT2D eigenvalue weighted by Crippen LogP contribution is -2.06. The molecule has 34 heavy (non-hydrogen) atoms. The Morgan fingerprint density at radius 3 is 2.35 bits per heavy atom. The van der Waals surface area contributed by atoms with E-state index in [0.29, 0.717) is 5.75 Å². The molecule has 0 bridgehead atoms. The number of aryl methyl sites for hydroxylation is 2. The zero-order valence-corrected chi connectivity index (χ0v) is 20.0. The minimum atomic E-state index is -1.31. The van der Waals surface area contributed by atoms with Crippen molar-refractivity contribution in [2.45, 2.75) is 58.9 Å². The van der Waals surface area contributed by atoms with Crippen molar-refractivity contribution in [1.82, 2.24) is 9.55 Å². The van der Waals surface area contributed by atoms with Crippen molar-refractivity contribution in [3.8, 4) is 16.9 Å². The quantitative estimate of drug-likeness (QED) is 0.198. The molecule has 0 aliphatic rings. The Bertz CT molecular complexity index is 1260. The van der Waals surface area contributed by atoms with Gasteiger partial charge in [-0.05, 0) is 54.2 Å². The van der Waals surface area contributed by atoms with Crippen LogP contribution >= 0.6 is 0 Å². The lowest BCUT2D eigenvalue weighted by atomic mass is 10.0. The van der Waals surface area contributed by atoms with Gasteiger partial charge in [0.2, 0.25) is 0 Å². The smallest absolute Gasteiger partial charge is 0.449 e. The molecule has 176 valence electrons. The van der Waals surface area contributed by atoms with Crippen molar-refractivity contribution >= 4 is 17.2 Å². The van der Waals surface area contributed by atoms with Gasteiger partial charge in [0.15, 0.2) is 0 Å². The molecule has 3 aromatic carbocycles. The number of carbonyl (C=O) groups is 1. The summed E-state index contributed by atoms with van der Waals surface area (Å²) in [5.74, 6) is 1.47. The number of nitrogens with zero attached hydrogens (tertiary/aromatic N) is 2. The first kappa shape index (κ1) is 23.6. The SMILES string of the molecule is CCCCc1ccc2c(c1)nc(CCCC)n2Cc1ccc(-c2ccccc2OC(=O)O)cc1. The highest BCUT2D eigenvalue weighted by atomic mass is 16.7. The molecule has 0 fully saturated rings. The molecule has 0 spiro atoms. The van der Waals surface area contributed by atoms with Crippen molar-refractivity contribution in [2.75, 3.05) is 0 Å². The molecule has 4 rings (SSSR count). The highest BCUT2D eigenvalue weighted by Gasteiger charge is 2.13. The standard InChI is InChI=1S/C29H32N2O3/c1-3-5-9-21-15-18-26-25(19-21)30-28(12-6-4-2)31(26)20-22-13-16-23(17-14-22)24-10-7-8-11-27(24)34-29(32)33/h7-8,10-11,13-19H,3-6,9,12,20H2,1-2H3,(H,32,33). The Morgan fingerprint density at radius 1 is 0.912 bits per heavy atom. The molecule has 0 aliphatic heterocycles. The second kappa shape index (κ2) is 11.0. The molecule has 0 atom stereocenters. The number of ether oxygens (including phenoxy) is 1. The molecule has 5 nitrogen and oxygen atoms in total. The summed E-state index contributed by atoms with van der Waals surface area (Å²) in [6.45, 7) is 5.18. The van der Waals surface area contributed by atoms with Crippen molar-refractivity contribution in [1.29, 1.82) is 0 Å². The normalized spacial score (nSPS) is 11.1. The van der Waals surface area contributed by atoms with E-state index in [-0.39, 0.29) is 0 Å². The van der Waals surface area contributed by atoms with Crippen LogP contribution in [0.5, 0.6) is 5.75 Å². The van der Waals surface area contributed by atoms with E-state index in [9.17, 15) is 4.79 Å². The van der Waals surface area contributed by atoms with Crippen molar-refractivity contribution in [3.63, 3.8) is 0 Å². The van der Waals surface area contributed by atoms with Gasteiger partial charge < -0.3 is 14.4 Å². The Kier molecular flexibility index (Phi) is 7.63. The van der Waals surface area contributed by atoms with E-state index >= 15 is 0 Å². The summed E-state index contributed by atoms with van der Waals surface area (Å²) in [4.78, 5) is 16.1. The number of aromatic nitrogens is 2. The van der Waals surface area contributed by atoms with Crippen LogP contribution < -0.4 is 4.74 Å². The number of unbranched alkanes of at least 4 members (excludes halogenated alkanes) is 2. The van der Waals surface area contributed by atoms with E-state index in [1.54, 1.807) is 12.1 Å². The monoisotopic (exact) mass is 456 g/mol. The fraction of sp³-hybridized carbons (Fsp3) is 0.310. The molecule has 0 saturated carbocycles. The minimum Gasteiger partial charge on any atom is -0.449 e. The van der Waals surface area contributed by atoms with Crippen molar-refractivity contribution in [2.24, 2.45) is 0 Å². The second-order valence-electron chi connectivity index (χ2n) is 8.71. The molecule has 0 aliphatic carbocycles. The number of hydrogen-bond donors (Lipinski definition) is 1. The van der Waals surface area contributed by atoms with Crippen LogP contribution in [0.25, 0.3) is 22.2 Å². The van der Waals surface area contributed by atoms with Gasteiger partial charge in [0, 0.05) is 18.5 Å². The number of carboxylic acid groups (broad SMARTS) is 1. The number of hydrogen-bond acceptors (Lipinski definition) is 3. The minimum absolute atomic E-state index is 0.337. The molecule has 4 aromatic rings. The summed E-state index contributed by atoms with van der Waals surface area (Å²) >= 11 is 0. The van der Waals surface area contributed by atoms with Gasteiger partial charge in [0.1, 0.15) is 11.6 Å². The van der Waals surface area contributed by atoms with Crippen LogP contribution in [0.1, 0.15) is 56.5 Å². The summed E-state index contributed by atoms with van der Waals surface area (Å²) in [6, 6.07) is 22.1. The molecular weight excluding hydrogens is 424 g/mol. The zero-order valence-electron chi connectivity index (χ0n) is 20.0. The first-order valence-corrected chi connectivity index (χ1v) is 12.2. The van der Waals surface area contributed by atoms with Gasteiger partial charge in [-0.15, -0.1) is 0 Å². The maximum atomic E-state index is 11.0. The molecule has 0 saturated heterocycles. The summed E-state index contributed by atoms with van der Waals surface area (Å²) in [5, 5.41) is 9.03. The average Bonchev–Trinajstić information content (AvgIpc) is 3.18. The van der Waals surface area contributed by atoms with E-state index in [2.05, 4.69) is 48.7 Å². The molecule has 0 amide bonds. The van der Waals surface area contributed by atoms with Crippen LogP contribution in [-0.2, 0) is 19.4 Å². The van der Waals surface area contributed by atoms with E-state index in [1.165, 1.54) is 29.5 Å². The topological polar surface area (TPSA) is 64.4 Å². The Balaban J connectivity index is 1.62. The van der Waals surface area contributed by atoms with Crippen molar-refractivity contribution < 1.29 is 14.6 Å². The van der Waals surface area contributed by atoms with Gasteiger partial charge in [0.25, 0.3) is 0 Å². The number of benzene rings is 3. The molecule has 0 radical (unpaired) electrons. The largest absolute Gasteiger partial charge is 0.511 e. The highest BCUT2D eigenvalue weighted by molar-refractivity contribution is 5.77. The molecular formula is C29H32N2O3. The number of para-hydroxylation sites is 1. The maximum absolute atomic E-state index is 11.0. The van der Waals surface area contributed by atoms with Crippen LogP contribution in [0, 0.1) is 0 Å². The number of rotatable bonds is 10. The fourth-order valence-corrected chi connectivity index (χ4v) is 4.32. The van der Waals surface area contributed by atoms with Crippen molar-refractivity contribution in [3.05, 3.63) is 83.7 Å². The summed E-state index contributed by atoms with van der Waals surface area (Å²) in [7, 11) is 0. The lowest BCUT2D eigenvalue weighted by Gasteiger charge is -2.12. The van der Waals surface area contributed by atoms with Gasteiger partial charge in [-0.2, -0.15) is 0 Å². The third kappa shape index (κ3) is 5.48. The van der Waals surface area contributed by atoms with Crippen LogP contribution in [0.15, 0.2) is 66.7 Å². The van der Waals surface area contributed by atoms with E-state index in [0.717, 1.165) is 54.7 Å². The third-order valence-corrected chi connectivity index (χ3v) is 6.15. The van der Waals surface area contributed by atoms with Crippen LogP contribution in [0.4, 0.5) is 4.79 Å². The average molecular weight is 457 g/mol. The highest BCUT2D eigenvalue weighted by Crippen LogP contribution is 2.30. The van der Waals surface area contributed by atoms with E-state index in [1.807, 2.05) is 24.3 Å². The zero-order chi connectivity index (χ0) is 23.9. The summed E-state index contributed by atoms with van der Waals surface area (Å²) in [5.41, 5.74) is 6.46. The van der Waals surface area contributed by atoms with Crippen LogP contribution in [0.3, 0.4) is 0 Å². The molecule has 1 N–H and O–H groups in total.